The van der Waals surface area contributed by atoms with Gasteiger partial charge in [-0.15, -0.1) is 0 Å². The monoisotopic (exact) mass is 306 g/mol. The predicted molar refractivity (Wildman–Crippen MR) is 98.0 cm³/mol. The van der Waals surface area contributed by atoms with Gasteiger partial charge < -0.3 is 5.11 Å². The van der Waals surface area contributed by atoms with Crippen molar-refractivity contribution in [1.29, 1.82) is 0 Å². The summed E-state index contributed by atoms with van der Waals surface area (Å²) < 4.78 is 0. The molecule has 0 aromatic rings. The van der Waals surface area contributed by atoms with Gasteiger partial charge in [-0.2, -0.15) is 0 Å². The van der Waals surface area contributed by atoms with Gasteiger partial charge in [-0.1, -0.05) is 40.5 Å². The molecular weight excluding hydrogens is 272 g/mol. The Kier molecular flexibility index (Phi) is 16.6. The molecule has 22 heavy (non-hydrogen) atoms. The fourth-order valence-corrected chi connectivity index (χ4v) is 1.63. The lowest BCUT2D eigenvalue weighted by Crippen LogP contribution is -1.80. The van der Waals surface area contributed by atoms with Crippen LogP contribution in [0.5, 0.6) is 0 Å². The number of rotatable bonds is 8. The summed E-state index contributed by atoms with van der Waals surface area (Å²) in [5.41, 5.74) is 5.12. The number of hydrogen-bond acceptors (Lipinski definition) is 2. The van der Waals surface area contributed by atoms with E-state index in [1.54, 1.807) is 6.08 Å². The van der Waals surface area contributed by atoms with E-state index in [4.69, 9.17) is 5.11 Å². The van der Waals surface area contributed by atoms with E-state index in [0.717, 1.165) is 37.5 Å². The first kappa shape index (κ1) is 22.9. The van der Waals surface area contributed by atoms with Crippen molar-refractivity contribution in [2.45, 2.75) is 67.2 Å². The molecule has 0 heterocycles. The summed E-state index contributed by atoms with van der Waals surface area (Å²) in [7, 11) is 0. The highest BCUT2D eigenvalue weighted by atomic mass is 16.2. The summed E-state index contributed by atoms with van der Waals surface area (Å²) in [4.78, 5) is 10.0. The molecule has 0 amide bonds. The minimum Gasteiger partial charge on any atom is -0.392 e. The zero-order chi connectivity index (χ0) is 17.4. The van der Waals surface area contributed by atoms with Crippen molar-refractivity contribution in [2.24, 2.45) is 0 Å². The molecule has 126 valence electrons. The average Bonchev–Trinajstić information content (AvgIpc) is 2.39. The molecule has 0 aromatic carbocycles. The van der Waals surface area contributed by atoms with Crippen molar-refractivity contribution in [3.05, 3.63) is 46.6 Å². The van der Waals surface area contributed by atoms with Crippen molar-refractivity contribution in [2.75, 3.05) is 6.61 Å². The van der Waals surface area contributed by atoms with Gasteiger partial charge >= 0.3 is 0 Å². The minimum atomic E-state index is 0.167. The third kappa shape index (κ3) is 20.9. The Balaban J connectivity index is 0. The van der Waals surface area contributed by atoms with Crippen LogP contribution in [-0.4, -0.2) is 18.0 Å². The van der Waals surface area contributed by atoms with Gasteiger partial charge in [0.05, 0.1) is 6.61 Å². The third-order valence-corrected chi connectivity index (χ3v) is 2.97. The maximum absolute atomic E-state index is 10.0. The molecule has 0 aliphatic rings. The Morgan fingerprint density at radius 3 is 1.59 bits per heavy atom. The normalized spacial score (nSPS) is 11.2. The molecule has 0 aliphatic heterocycles. The molecule has 0 fully saturated rings. The van der Waals surface area contributed by atoms with Crippen LogP contribution in [0.3, 0.4) is 0 Å². The molecule has 0 radical (unpaired) electrons. The predicted octanol–water partition coefficient (Wildman–Crippen LogP) is 5.55. The van der Waals surface area contributed by atoms with Gasteiger partial charge in [0, 0.05) is 0 Å². The number of aldehydes is 1. The number of hydrogen-bond donors (Lipinski definition) is 1. The van der Waals surface area contributed by atoms with Crippen LogP contribution in [0.25, 0.3) is 0 Å². The molecule has 0 aromatic heterocycles. The number of aliphatic hydroxyl groups is 1. The second-order valence-electron chi connectivity index (χ2n) is 6.02. The SMILES string of the molecule is CC(C)=CCCC(C)=CC=O.CC(C)=CCCC(C)=CCO. The molecule has 0 atom stereocenters. The number of carbonyl (C=O) groups excluding carboxylic acids is 1. The molecule has 1 N–H and O–H groups in total. The zero-order valence-electron chi connectivity index (χ0n) is 15.3. The van der Waals surface area contributed by atoms with E-state index in [1.165, 1.54) is 16.7 Å². The standard InChI is InChI=1S/C10H18O.C10H16O/c2*1-9(2)5-4-6-10(3)7-8-11/h5,7,11H,4,6,8H2,1-3H3;5,7-8H,4,6H2,1-3H3. The van der Waals surface area contributed by atoms with Crippen LogP contribution in [-0.2, 0) is 4.79 Å². The molecule has 2 nitrogen and oxygen atoms in total. The lowest BCUT2D eigenvalue weighted by atomic mass is 10.1. The Morgan fingerprint density at radius 2 is 1.23 bits per heavy atom. The fraction of sp³-hybridized carbons (Fsp3) is 0.550. The number of carbonyl (C=O) groups is 1. The van der Waals surface area contributed by atoms with Crippen LogP contribution in [0.4, 0.5) is 0 Å². The Labute approximate surface area is 137 Å². The highest BCUT2D eigenvalue weighted by Gasteiger charge is 1.87. The van der Waals surface area contributed by atoms with Gasteiger partial charge in [-0.3, -0.25) is 4.79 Å². The zero-order valence-corrected chi connectivity index (χ0v) is 15.3. The van der Waals surface area contributed by atoms with Crippen molar-refractivity contribution in [1.82, 2.24) is 0 Å². The van der Waals surface area contributed by atoms with E-state index in [9.17, 15) is 4.79 Å². The first-order valence-electron chi connectivity index (χ1n) is 7.97. The van der Waals surface area contributed by atoms with Gasteiger partial charge in [0.1, 0.15) is 6.29 Å². The van der Waals surface area contributed by atoms with E-state index in [1.807, 2.05) is 13.0 Å². The van der Waals surface area contributed by atoms with E-state index < -0.39 is 0 Å². The summed E-state index contributed by atoms with van der Waals surface area (Å²) in [6.07, 6.45) is 12.9. The highest BCUT2D eigenvalue weighted by molar-refractivity contribution is 5.65. The van der Waals surface area contributed by atoms with Gasteiger partial charge in [-0.25, -0.2) is 0 Å². The van der Waals surface area contributed by atoms with E-state index in [0.29, 0.717) is 0 Å². The summed E-state index contributed by atoms with van der Waals surface area (Å²) in [6.45, 7) is 12.6. The van der Waals surface area contributed by atoms with Crippen molar-refractivity contribution >= 4 is 6.29 Å². The first-order chi connectivity index (χ1) is 10.3. The van der Waals surface area contributed by atoms with Crippen LogP contribution >= 0.6 is 0 Å². The quantitative estimate of drug-likeness (QED) is 0.362. The van der Waals surface area contributed by atoms with Gasteiger partial charge in [-0.05, 0) is 73.3 Å². The second kappa shape index (κ2) is 16.0. The molecular formula is C20H34O2. The van der Waals surface area contributed by atoms with Gasteiger partial charge in [0.25, 0.3) is 0 Å². The Hall–Kier alpha value is -1.41. The van der Waals surface area contributed by atoms with E-state index >= 15 is 0 Å². The maximum atomic E-state index is 10.0. The van der Waals surface area contributed by atoms with Crippen LogP contribution in [0, 0.1) is 0 Å². The fourth-order valence-electron chi connectivity index (χ4n) is 1.63. The number of allylic oxidation sites excluding steroid dienone is 7. The summed E-state index contributed by atoms with van der Waals surface area (Å²) in [6, 6.07) is 0. The van der Waals surface area contributed by atoms with Crippen molar-refractivity contribution in [3.63, 3.8) is 0 Å². The lowest BCUT2D eigenvalue weighted by Gasteiger charge is -1.96. The smallest absolute Gasteiger partial charge is 0.142 e. The van der Waals surface area contributed by atoms with Crippen LogP contribution < -0.4 is 0 Å². The molecule has 0 saturated heterocycles. The first-order valence-corrected chi connectivity index (χ1v) is 7.97. The van der Waals surface area contributed by atoms with Crippen LogP contribution in [0.2, 0.25) is 0 Å². The van der Waals surface area contributed by atoms with Crippen molar-refractivity contribution in [3.8, 4) is 0 Å². The third-order valence-electron chi connectivity index (χ3n) is 2.97. The molecule has 2 heteroatoms. The summed E-state index contributed by atoms with van der Waals surface area (Å²) in [5, 5.41) is 8.55. The molecule has 0 saturated carbocycles. The van der Waals surface area contributed by atoms with Gasteiger partial charge in [0.2, 0.25) is 0 Å². The van der Waals surface area contributed by atoms with Gasteiger partial charge in [0.15, 0.2) is 0 Å². The number of aliphatic hydroxyl groups excluding tert-OH is 1. The average molecular weight is 306 g/mol. The van der Waals surface area contributed by atoms with Crippen molar-refractivity contribution < 1.29 is 9.90 Å². The Bertz CT molecular complexity index is 401. The minimum absolute atomic E-state index is 0.167. The Morgan fingerprint density at radius 1 is 0.773 bits per heavy atom. The van der Waals surface area contributed by atoms with E-state index in [-0.39, 0.29) is 6.61 Å². The molecule has 0 bridgehead atoms. The largest absolute Gasteiger partial charge is 0.392 e. The summed E-state index contributed by atoms with van der Waals surface area (Å²) in [5.74, 6) is 0. The second-order valence-corrected chi connectivity index (χ2v) is 6.02. The van der Waals surface area contributed by atoms with Crippen LogP contribution in [0.1, 0.15) is 67.2 Å². The molecule has 0 rings (SSSR count). The van der Waals surface area contributed by atoms with E-state index in [2.05, 4.69) is 46.8 Å². The highest BCUT2D eigenvalue weighted by Crippen LogP contribution is 2.06. The summed E-state index contributed by atoms with van der Waals surface area (Å²) >= 11 is 0. The lowest BCUT2D eigenvalue weighted by molar-refractivity contribution is -0.104. The topological polar surface area (TPSA) is 37.3 Å². The molecule has 0 unspecified atom stereocenters. The molecule has 0 aliphatic carbocycles. The molecule has 0 spiro atoms. The van der Waals surface area contributed by atoms with Crippen LogP contribution in [0.15, 0.2) is 46.6 Å². The maximum Gasteiger partial charge on any atom is 0.142 e.